The second-order valence-corrected chi connectivity index (χ2v) is 8.37. The number of rotatable bonds is 5. The Labute approximate surface area is 186 Å². The molecule has 0 unspecified atom stereocenters. The Morgan fingerprint density at radius 3 is 2.50 bits per heavy atom. The summed E-state index contributed by atoms with van der Waals surface area (Å²) in [5, 5.41) is 8.83. The van der Waals surface area contributed by atoms with Crippen LogP contribution in [0.3, 0.4) is 0 Å². The highest BCUT2D eigenvalue weighted by Gasteiger charge is 2.12. The Hall–Kier alpha value is -3.48. The molecule has 1 saturated heterocycles. The fourth-order valence-electron chi connectivity index (χ4n) is 4.40. The van der Waals surface area contributed by atoms with Crippen molar-refractivity contribution in [1.82, 2.24) is 20.3 Å². The summed E-state index contributed by atoms with van der Waals surface area (Å²) in [6.07, 6.45) is 3.96. The van der Waals surface area contributed by atoms with Gasteiger partial charge in [-0.05, 0) is 66.9 Å². The van der Waals surface area contributed by atoms with Crippen LogP contribution in [-0.2, 0) is 6.54 Å². The number of benzene rings is 3. The van der Waals surface area contributed by atoms with Gasteiger partial charge in [0.15, 0.2) is 0 Å². The van der Waals surface area contributed by atoms with E-state index in [9.17, 15) is 4.79 Å². The van der Waals surface area contributed by atoms with E-state index in [-0.39, 0.29) is 0 Å². The van der Waals surface area contributed by atoms with Crippen molar-refractivity contribution in [2.24, 2.45) is 0 Å². The summed E-state index contributed by atoms with van der Waals surface area (Å²) in [5.74, 6) is 0.196. The first-order valence-corrected chi connectivity index (χ1v) is 11.1. The third kappa shape index (κ3) is 4.28. The van der Waals surface area contributed by atoms with Crippen molar-refractivity contribution >= 4 is 16.9 Å². The van der Waals surface area contributed by atoms with Gasteiger partial charge in [0.2, 0.25) is 0 Å². The number of hydrogen-bond donors (Lipinski definition) is 3. The third-order valence-corrected chi connectivity index (χ3v) is 6.12. The molecule has 4 aromatic rings. The summed E-state index contributed by atoms with van der Waals surface area (Å²) >= 11 is 0. The first kappa shape index (κ1) is 20.4. The summed E-state index contributed by atoms with van der Waals surface area (Å²) in [7, 11) is 0. The molecule has 32 heavy (non-hydrogen) atoms. The smallest absolute Gasteiger partial charge is 0.274 e. The number of imidazole rings is 1. The quantitative estimate of drug-likeness (QED) is 0.310. The molecule has 1 aliphatic rings. The van der Waals surface area contributed by atoms with Gasteiger partial charge in [0, 0.05) is 17.7 Å². The van der Waals surface area contributed by atoms with Crippen molar-refractivity contribution in [3.63, 3.8) is 0 Å². The van der Waals surface area contributed by atoms with Crippen molar-refractivity contribution < 1.29 is 10.0 Å². The molecule has 3 aromatic carbocycles. The van der Waals surface area contributed by atoms with Crippen molar-refractivity contribution in [2.45, 2.75) is 25.8 Å². The number of H-pyrrole nitrogens is 1. The maximum Gasteiger partial charge on any atom is 0.274 e. The highest BCUT2D eigenvalue weighted by atomic mass is 16.5. The van der Waals surface area contributed by atoms with Gasteiger partial charge >= 0.3 is 0 Å². The van der Waals surface area contributed by atoms with E-state index in [0.29, 0.717) is 5.56 Å². The summed E-state index contributed by atoms with van der Waals surface area (Å²) in [6.45, 7) is 3.41. The maximum absolute atomic E-state index is 11.6. The molecule has 6 heteroatoms. The first-order chi connectivity index (χ1) is 15.7. The van der Waals surface area contributed by atoms with E-state index < -0.39 is 5.91 Å². The second kappa shape index (κ2) is 8.94. The number of fused-ring (bicyclic) bond motifs is 1. The van der Waals surface area contributed by atoms with Crippen LogP contribution in [0.2, 0.25) is 0 Å². The number of likely N-dealkylation sites (tertiary alicyclic amines) is 1. The summed E-state index contributed by atoms with van der Waals surface area (Å²) in [5.41, 5.74) is 8.26. The summed E-state index contributed by atoms with van der Waals surface area (Å²) < 4.78 is 0. The lowest BCUT2D eigenvalue weighted by Gasteiger charge is -2.26. The molecule has 6 nitrogen and oxygen atoms in total. The molecule has 0 radical (unpaired) electrons. The number of hydroxylamine groups is 1. The normalized spacial score (nSPS) is 14.5. The zero-order valence-electron chi connectivity index (χ0n) is 17.8. The molecule has 1 amide bonds. The van der Waals surface area contributed by atoms with E-state index in [1.54, 1.807) is 23.7 Å². The molecule has 2 heterocycles. The molecule has 5 rings (SSSR count). The number of carbonyl (C=O) groups is 1. The second-order valence-electron chi connectivity index (χ2n) is 8.37. The molecule has 0 atom stereocenters. The van der Waals surface area contributed by atoms with Gasteiger partial charge in [-0.3, -0.25) is 14.9 Å². The fraction of sp³-hybridized carbons (Fsp3) is 0.231. The van der Waals surface area contributed by atoms with Gasteiger partial charge in [-0.15, -0.1) is 0 Å². The van der Waals surface area contributed by atoms with Crippen LogP contribution in [0.5, 0.6) is 0 Å². The lowest BCUT2D eigenvalue weighted by molar-refractivity contribution is 0.0706. The minimum absolute atomic E-state index is 0.370. The predicted octanol–water partition coefficient (Wildman–Crippen LogP) is 5.00. The zero-order chi connectivity index (χ0) is 21.9. The predicted molar refractivity (Wildman–Crippen MR) is 125 cm³/mol. The SMILES string of the molecule is O=C(NO)c1ccc2nc(-c3ccc(-c4cccc(CN5CCCCC5)c4)cc3)[nH]c2c1. The van der Waals surface area contributed by atoms with Gasteiger partial charge in [-0.1, -0.05) is 48.9 Å². The Morgan fingerprint density at radius 1 is 0.938 bits per heavy atom. The standard InChI is InChI=1S/C26H26N4O2/c31-26(29-32)22-11-12-23-24(16-22)28-25(27-23)20-9-7-19(8-10-20)21-6-4-5-18(15-21)17-30-13-2-1-3-14-30/h4-12,15-16,32H,1-3,13-14,17H2,(H,27,28)(H,29,31). The van der Waals surface area contributed by atoms with E-state index in [0.717, 1.165) is 29.0 Å². The Bertz CT molecular complexity index is 1240. The van der Waals surface area contributed by atoms with Crippen LogP contribution < -0.4 is 5.48 Å². The molecule has 0 aliphatic carbocycles. The number of aromatic amines is 1. The molecule has 0 spiro atoms. The van der Waals surface area contributed by atoms with Crippen LogP contribution >= 0.6 is 0 Å². The van der Waals surface area contributed by atoms with Crippen LogP contribution in [0, 0.1) is 0 Å². The summed E-state index contributed by atoms with van der Waals surface area (Å²) in [6, 6.07) is 22.2. The Kier molecular flexibility index (Phi) is 5.71. The van der Waals surface area contributed by atoms with Crippen LogP contribution in [0.15, 0.2) is 66.7 Å². The number of nitrogens with one attached hydrogen (secondary N) is 2. The lowest BCUT2D eigenvalue weighted by Crippen LogP contribution is -2.29. The van der Waals surface area contributed by atoms with Gasteiger partial charge < -0.3 is 4.98 Å². The number of amides is 1. The number of hydrogen-bond acceptors (Lipinski definition) is 4. The molecule has 0 bridgehead atoms. The van der Waals surface area contributed by atoms with E-state index in [1.165, 1.54) is 49.0 Å². The van der Waals surface area contributed by atoms with E-state index in [4.69, 9.17) is 5.21 Å². The first-order valence-electron chi connectivity index (χ1n) is 11.1. The van der Waals surface area contributed by atoms with Crippen LogP contribution in [-0.4, -0.2) is 39.1 Å². The van der Waals surface area contributed by atoms with Gasteiger partial charge in [0.05, 0.1) is 11.0 Å². The molecule has 162 valence electrons. The van der Waals surface area contributed by atoms with Crippen molar-refractivity contribution in [3.05, 3.63) is 77.9 Å². The minimum atomic E-state index is -0.546. The average Bonchev–Trinajstić information content (AvgIpc) is 3.28. The van der Waals surface area contributed by atoms with Crippen molar-refractivity contribution in [3.8, 4) is 22.5 Å². The van der Waals surface area contributed by atoms with Crippen LogP contribution in [0.4, 0.5) is 0 Å². The van der Waals surface area contributed by atoms with E-state index in [1.807, 2.05) is 0 Å². The number of carbonyl (C=O) groups excluding carboxylic acids is 1. The van der Waals surface area contributed by atoms with Gasteiger partial charge in [0.25, 0.3) is 5.91 Å². The topological polar surface area (TPSA) is 81.2 Å². The van der Waals surface area contributed by atoms with Crippen molar-refractivity contribution in [1.29, 1.82) is 0 Å². The fourth-order valence-corrected chi connectivity index (χ4v) is 4.40. The van der Waals surface area contributed by atoms with Crippen LogP contribution in [0.1, 0.15) is 35.2 Å². The molecule has 1 fully saturated rings. The highest BCUT2D eigenvalue weighted by molar-refractivity contribution is 5.97. The zero-order valence-corrected chi connectivity index (χ0v) is 17.8. The monoisotopic (exact) mass is 426 g/mol. The molecule has 3 N–H and O–H groups in total. The third-order valence-electron chi connectivity index (χ3n) is 6.12. The van der Waals surface area contributed by atoms with Gasteiger partial charge in [-0.2, -0.15) is 0 Å². The molecule has 0 saturated carbocycles. The molecule has 1 aliphatic heterocycles. The van der Waals surface area contributed by atoms with E-state index >= 15 is 0 Å². The van der Waals surface area contributed by atoms with Crippen molar-refractivity contribution in [2.75, 3.05) is 13.1 Å². The number of nitrogens with zero attached hydrogens (tertiary/aromatic N) is 2. The lowest BCUT2D eigenvalue weighted by atomic mass is 10.0. The van der Waals surface area contributed by atoms with E-state index in [2.05, 4.69) is 63.4 Å². The van der Waals surface area contributed by atoms with Gasteiger partial charge in [-0.25, -0.2) is 10.5 Å². The minimum Gasteiger partial charge on any atom is -0.338 e. The Morgan fingerprint density at radius 2 is 1.72 bits per heavy atom. The molecule has 1 aromatic heterocycles. The largest absolute Gasteiger partial charge is 0.338 e. The summed E-state index contributed by atoms with van der Waals surface area (Å²) in [4.78, 5) is 22.1. The maximum atomic E-state index is 11.6. The molecular formula is C26H26N4O2. The average molecular weight is 427 g/mol. The Balaban J connectivity index is 1.36. The molecular weight excluding hydrogens is 400 g/mol. The highest BCUT2D eigenvalue weighted by Crippen LogP contribution is 2.26. The number of aromatic nitrogens is 2. The van der Waals surface area contributed by atoms with Crippen LogP contribution in [0.25, 0.3) is 33.5 Å². The van der Waals surface area contributed by atoms with Gasteiger partial charge in [0.1, 0.15) is 5.82 Å². The number of piperidine rings is 1.